The summed E-state index contributed by atoms with van der Waals surface area (Å²) in [6, 6.07) is 10.7. The maximum absolute atomic E-state index is 12.6. The summed E-state index contributed by atoms with van der Waals surface area (Å²) in [5.74, 6) is -0.345. The normalized spacial score (nSPS) is 29.6. The van der Waals surface area contributed by atoms with Gasteiger partial charge in [0.15, 0.2) is 0 Å². The highest BCUT2D eigenvalue weighted by Crippen LogP contribution is 2.54. The number of nitrogens with zero attached hydrogens (tertiary/aromatic N) is 2. The van der Waals surface area contributed by atoms with Crippen molar-refractivity contribution in [2.24, 2.45) is 11.8 Å². The lowest BCUT2D eigenvalue weighted by Gasteiger charge is -2.44. The number of hydrogen-bond acceptors (Lipinski definition) is 5. The fourth-order valence-corrected chi connectivity index (χ4v) is 6.57. The topological polar surface area (TPSA) is 60.9 Å². The number of β-lactam (4-membered cyclic amide) rings is 1. The zero-order chi connectivity index (χ0) is 20.0. The summed E-state index contributed by atoms with van der Waals surface area (Å²) in [5, 5.41) is 9.71. The fourth-order valence-electron chi connectivity index (χ4n) is 4.56. The van der Waals surface area contributed by atoms with Gasteiger partial charge in [-0.25, -0.2) is 0 Å². The minimum Gasteiger partial charge on any atom is -0.392 e. The van der Waals surface area contributed by atoms with Crippen LogP contribution < -0.4 is 0 Å². The molecule has 0 radical (unpaired) electrons. The molecule has 1 amide bonds. The molecule has 3 aliphatic rings. The molecule has 0 spiro atoms. The van der Waals surface area contributed by atoms with Crippen LogP contribution in [0.3, 0.4) is 0 Å². The summed E-state index contributed by atoms with van der Waals surface area (Å²) < 4.78 is 0. The number of likely N-dealkylation sites (tertiary alicyclic amines) is 1. The average Bonchev–Trinajstić information content (AvgIpc) is 3.31. The van der Waals surface area contributed by atoms with Gasteiger partial charge >= 0.3 is 0 Å². The molecule has 5 nitrogen and oxygen atoms in total. The third-order valence-electron chi connectivity index (χ3n) is 6.26. The fraction of sp³-hybridized carbons (Fsp3) is 0.524. The van der Waals surface area contributed by atoms with E-state index in [4.69, 9.17) is 0 Å². The van der Waals surface area contributed by atoms with Gasteiger partial charge in [0.25, 0.3) is 0 Å². The van der Waals surface area contributed by atoms with E-state index in [1.807, 2.05) is 13.0 Å². The maximum atomic E-state index is 12.6. The van der Waals surface area contributed by atoms with Crippen LogP contribution in [0.2, 0.25) is 0 Å². The lowest BCUT2D eigenvalue weighted by Crippen LogP contribution is -2.61. The second-order valence-electron chi connectivity index (χ2n) is 7.80. The van der Waals surface area contributed by atoms with E-state index in [2.05, 4.69) is 48.7 Å². The first-order chi connectivity index (χ1) is 13.4. The molecule has 1 aromatic carbocycles. The van der Waals surface area contributed by atoms with Crippen molar-refractivity contribution in [3.8, 4) is 0 Å². The molecule has 0 bridgehead atoms. The van der Waals surface area contributed by atoms with Gasteiger partial charge in [-0.15, -0.1) is 11.8 Å². The highest BCUT2D eigenvalue weighted by atomic mass is 32.2. The molecule has 0 aromatic heterocycles. The van der Waals surface area contributed by atoms with Gasteiger partial charge in [0.1, 0.15) is 11.1 Å². The molecule has 150 valence electrons. The van der Waals surface area contributed by atoms with E-state index >= 15 is 0 Å². The molecule has 4 rings (SSSR count). The molecule has 1 N–H and O–H groups in total. The molecule has 0 aliphatic carbocycles. The van der Waals surface area contributed by atoms with E-state index in [1.165, 1.54) is 5.56 Å². The summed E-state index contributed by atoms with van der Waals surface area (Å²) >= 11 is 5.65. The molecule has 1 unspecified atom stereocenters. The molecule has 0 saturated carbocycles. The van der Waals surface area contributed by atoms with Gasteiger partial charge in [-0.2, -0.15) is 0 Å². The number of rotatable bonds is 6. The molecular formula is C21H26N2O3S2. The smallest absolute Gasteiger partial charge is 0.236 e. The first kappa shape index (κ1) is 20.0. The molecule has 28 heavy (non-hydrogen) atoms. The molecule has 5 atom stereocenters. The summed E-state index contributed by atoms with van der Waals surface area (Å²) in [4.78, 5) is 29.8. The standard InChI is InChI=1S/C21H26N2O3S2/c1-3-15(24)16-19(25)23-17(21(26)27)18(28-20(16)23)14-9-10-22(11-14)12(2)13-7-5-4-6-8-13/h4-8,12,14-16,20,24H,3,9-11H2,1-2H3,(H,26,27)/t12?,14-,15-,16+,20+/m0/s1. The summed E-state index contributed by atoms with van der Waals surface area (Å²) in [6.07, 6.45) is 0.835. The maximum Gasteiger partial charge on any atom is 0.236 e. The Kier molecular flexibility index (Phi) is 5.62. The van der Waals surface area contributed by atoms with Crippen LogP contribution in [-0.4, -0.2) is 50.5 Å². The van der Waals surface area contributed by atoms with Crippen LogP contribution >= 0.6 is 24.4 Å². The van der Waals surface area contributed by atoms with Gasteiger partial charge < -0.3 is 5.11 Å². The third-order valence-corrected chi connectivity index (χ3v) is 8.00. The van der Waals surface area contributed by atoms with E-state index in [-0.39, 0.29) is 22.3 Å². The summed E-state index contributed by atoms with van der Waals surface area (Å²) in [5.41, 5.74) is 1.73. The number of benzene rings is 1. The van der Waals surface area contributed by atoms with Gasteiger partial charge in [0.2, 0.25) is 11.0 Å². The number of carbonyl (C=O) groups excluding carboxylic acids is 2. The first-order valence-corrected chi connectivity index (χ1v) is 11.2. The lowest BCUT2D eigenvalue weighted by molar-refractivity contribution is -0.154. The minimum absolute atomic E-state index is 0.147. The predicted octanol–water partition coefficient (Wildman–Crippen LogP) is 3.04. The SMILES string of the molecule is CC[C@H](O)[C@@H]1C(=O)N2C(C(=O)S)=C([C@H]3CCN(C(C)c4ccccc4)C3)S[C@H]12. The number of hydrogen-bond donors (Lipinski definition) is 2. The Morgan fingerprint density at radius 1 is 1.36 bits per heavy atom. The van der Waals surface area contributed by atoms with Gasteiger partial charge in [-0.1, -0.05) is 49.9 Å². The number of fused-ring (bicyclic) bond motifs is 1. The zero-order valence-corrected chi connectivity index (χ0v) is 17.8. The first-order valence-electron chi connectivity index (χ1n) is 9.88. The Hall–Kier alpha value is -1.28. The molecule has 1 aromatic rings. The second kappa shape index (κ2) is 7.86. The van der Waals surface area contributed by atoms with Crippen molar-refractivity contribution in [1.82, 2.24) is 9.80 Å². The zero-order valence-electron chi connectivity index (χ0n) is 16.1. The second-order valence-corrected chi connectivity index (χ2v) is 9.37. The monoisotopic (exact) mass is 418 g/mol. The number of aliphatic hydroxyl groups excluding tert-OH is 1. The minimum atomic E-state index is -0.657. The number of aliphatic hydroxyl groups is 1. The Morgan fingerprint density at radius 3 is 2.71 bits per heavy atom. The molecular weight excluding hydrogens is 392 g/mol. The largest absolute Gasteiger partial charge is 0.392 e. The average molecular weight is 419 g/mol. The molecule has 3 aliphatic heterocycles. The Morgan fingerprint density at radius 2 is 2.07 bits per heavy atom. The number of carbonyl (C=O) groups is 2. The van der Waals surface area contributed by atoms with Crippen LogP contribution in [-0.2, 0) is 9.59 Å². The van der Waals surface area contributed by atoms with Gasteiger partial charge in [-0.05, 0) is 31.9 Å². The van der Waals surface area contributed by atoms with Crippen molar-refractivity contribution in [3.63, 3.8) is 0 Å². The lowest BCUT2D eigenvalue weighted by atomic mass is 9.89. The van der Waals surface area contributed by atoms with Crippen molar-refractivity contribution < 1.29 is 14.7 Å². The number of thioether (sulfide) groups is 1. The van der Waals surface area contributed by atoms with Crippen LogP contribution in [0.15, 0.2) is 40.9 Å². The quantitative estimate of drug-likeness (QED) is 0.549. The molecule has 3 heterocycles. The molecule has 2 fully saturated rings. The van der Waals surface area contributed by atoms with Crippen LogP contribution in [0.25, 0.3) is 0 Å². The van der Waals surface area contributed by atoms with E-state index in [0.29, 0.717) is 18.2 Å². The van der Waals surface area contributed by atoms with E-state index in [1.54, 1.807) is 16.7 Å². The van der Waals surface area contributed by atoms with Crippen LogP contribution in [0, 0.1) is 11.8 Å². The Balaban J connectivity index is 1.53. The Bertz CT molecular complexity index is 813. The van der Waals surface area contributed by atoms with Gasteiger partial charge in [-0.3, -0.25) is 19.4 Å². The summed E-state index contributed by atoms with van der Waals surface area (Å²) in [6.45, 7) is 5.90. The van der Waals surface area contributed by atoms with E-state index in [0.717, 1.165) is 24.4 Å². The van der Waals surface area contributed by atoms with Crippen molar-refractivity contribution in [2.75, 3.05) is 13.1 Å². The van der Waals surface area contributed by atoms with Gasteiger partial charge in [0, 0.05) is 23.4 Å². The number of thiol groups is 1. The van der Waals surface area contributed by atoms with Crippen LogP contribution in [0.1, 0.15) is 38.3 Å². The highest BCUT2D eigenvalue weighted by molar-refractivity contribution is 8.04. The Labute approximate surface area is 175 Å². The molecule has 7 heteroatoms. The van der Waals surface area contributed by atoms with E-state index in [9.17, 15) is 14.7 Å². The van der Waals surface area contributed by atoms with E-state index < -0.39 is 12.0 Å². The summed E-state index contributed by atoms with van der Waals surface area (Å²) in [7, 11) is 0. The number of amides is 1. The third kappa shape index (κ3) is 3.22. The predicted molar refractivity (Wildman–Crippen MR) is 114 cm³/mol. The molecule has 2 saturated heterocycles. The van der Waals surface area contributed by atoms with Crippen LogP contribution in [0.4, 0.5) is 0 Å². The van der Waals surface area contributed by atoms with Crippen molar-refractivity contribution >= 4 is 35.4 Å². The van der Waals surface area contributed by atoms with Crippen LogP contribution in [0.5, 0.6) is 0 Å². The van der Waals surface area contributed by atoms with Gasteiger partial charge in [0.05, 0.1) is 12.0 Å². The van der Waals surface area contributed by atoms with Crippen molar-refractivity contribution in [3.05, 3.63) is 46.5 Å². The van der Waals surface area contributed by atoms with Crippen molar-refractivity contribution in [2.45, 2.75) is 44.2 Å². The highest BCUT2D eigenvalue weighted by Gasteiger charge is 2.58. The van der Waals surface area contributed by atoms with Crippen molar-refractivity contribution in [1.29, 1.82) is 0 Å².